The molecule has 1 unspecified atom stereocenters. The largest absolute Gasteiger partial charge is 0.350 e. The molecule has 1 amide bonds. The van der Waals surface area contributed by atoms with Gasteiger partial charge in [0.05, 0.1) is 5.56 Å². The minimum atomic E-state index is -0.364. The quantitative estimate of drug-likeness (QED) is 0.900. The summed E-state index contributed by atoms with van der Waals surface area (Å²) in [6.45, 7) is 4.79. The number of amides is 1. The van der Waals surface area contributed by atoms with E-state index in [2.05, 4.69) is 40.0 Å². The fourth-order valence-corrected chi connectivity index (χ4v) is 2.51. The molecule has 1 aromatic rings. The van der Waals surface area contributed by atoms with E-state index in [9.17, 15) is 9.18 Å². The van der Waals surface area contributed by atoms with E-state index in [4.69, 9.17) is 0 Å². The number of halogens is 2. The third-order valence-corrected chi connectivity index (χ3v) is 3.74. The molecular weight excluding hydrogens is 311 g/mol. The van der Waals surface area contributed by atoms with Crippen LogP contribution in [0.2, 0.25) is 0 Å². The molecule has 0 radical (unpaired) electrons. The molecule has 0 saturated carbocycles. The minimum Gasteiger partial charge on any atom is -0.350 e. The molecule has 3 nitrogen and oxygen atoms in total. The summed E-state index contributed by atoms with van der Waals surface area (Å²) in [7, 11) is 3.98. The number of nitrogens with zero attached hydrogens (tertiary/aromatic N) is 1. The fourth-order valence-electron chi connectivity index (χ4n) is 1.98. The molecular formula is C14H20BrFN2O. The number of carbonyl (C=O) groups is 1. The Morgan fingerprint density at radius 2 is 2.05 bits per heavy atom. The first-order valence-corrected chi connectivity index (χ1v) is 7.02. The van der Waals surface area contributed by atoms with Gasteiger partial charge < -0.3 is 10.2 Å². The van der Waals surface area contributed by atoms with E-state index in [-0.39, 0.29) is 17.8 Å². The number of hydrogen-bond donors (Lipinski definition) is 1. The number of benzene rings is 1. The molecule has 19 heavy (non-hydrogen) atoms. The molecule has 1 rings (SSSR count). The summed E-state index contributed by atoms with van der Waals surface area (Å²) in [6.07, 6.45) is 0. The highest BCUT2D eigenvalue weighted by Crippen LogP contribution is 2.18. The Bertz CT molecular complexity index is 441. The molecule has 0 heterocycles. The maximum absolute atomic E-state index is 13.0. The summed E-state index contributed by atoms with van der Waals surface area (Å²) in [6, 6.07) is 4.32. The van der Waals surface area contributed by atoms with Crippen molar-refractivity contribution in [2.45, 2.75) is 19.9 Å². The van der Waals surface area contributed by atoms with Crippen LogP contribution >= 0.6 is 15.9 Å². The first-order chi connectivity index (χ1) is 8.82. The average molecular weight is 331 g/mol. The van der Waals surface area contributed by atoms with Crippen LogP contribution in [0.3, 0.4) is 0 Å². The molecule has 1 aromatic carbocycles. The van der Waals surface area contributed by atoms with Gasteiger partial charge in [0.1, 0.15) is 5.82 Å². The summed E-state index contributed by atoms with van der Waals surface area (Å²) in [5.41, 5.74) is 0.447. The highest BCUT2D eigenvalue weighted by Gasteiger charge is 2.18. The third kappa shape index (κ3) is 4.58. The summed E-state index contributed by atoms with van der Waals surface area (Å²) >= 11 is 3.20. The third-order valence-electron chi connectivity index (χ3n) is 3.08. The molecule has 0 fully saturated rings. The predicted octanol–water partition coefficient (Wildman–Crippen LogP) is 2.90. The van der Waals surface area contributed by atoms with Crippen LogP contribution in [0, 0.1) is 11.7 Å². The van der Waals surface area contributed by atoms with Crippen LogP contribution in [0.1, 0.15) is 24.2 Å². The van der Waals surface area contributed by atoms with Crippen molar-refractivity contribution in [2.24, 2.45) is 5.92 Å². The SMILES string of the molecule is CC(C)C(CNC(=O)c1ccc(F)cc1Br)N(C)C. The lowest BCUT2D eigenvalue weighted by Crippen LogP contribution is -2.43. The molecule has 0 aliphatic carbocycles. The van der Waals surface area contributed by atoms with E-state index >= 15 is 0 Å². The van der Waals surface area contributed by atoms with Crippen LogP contribution in [0.4, 0.5) is 4.39 Å². The van der Waals surface area contributed by atoms with Gasteiger partial charge in [-0.3, -0.25) is 4.79 Å². The van der Waals surface area contributed by atoms with Gasteiger partial charge in [0.2, 0.25) is 0 Å². The van der Waals surface area contributed by atoms with Gasteiger partial charge in [0.15, 0.2) is 0 Å². The van der Waals surface area contributed by atoms with Crippen molar-refractivity contribution in [1.29, 1.82) is 0 Å². The Kier molecular flexibility index (Phi) is 5.94. The van der Waals surface area contributed by atoms with Crippen molar-refractivity contribution < 1.29 is 9.18 Å². The van der Waals surface area contributed by atoms with Gasteiger partial charge >= 0.3 is 0 Å². The van der Waals surface area contributed by atoms with Crippen molar-refractivity contribution >= 4 is 21.8 Å². The highest BCUT2D eigenvalue weighted by molar-refractivity contribution is 9.10. The standard InChI is InChI=1S/C14H20BrFN2O/c1-9(2)13(18(3)4)8-17-14(19)11-6-5-10(16)7-12(11)15/h5-7,9,13H,8H2,1-4H3,(H,17,19). The Hall–Kier alpha value is -0.940. The summed E-state index contributed by atoms with van der Waals surface area (Å²) < 4.78 is 13.4. The lowest BCUT2D eigenvalue weighted by atomic mass is 10.0. The molecule has 0 saturated heterocycles. The monoisotopic (exact) mass is 330 g/mol. The van der Waals surface area contributed by atoms with Gasteiger partial charge in [-0.2, -0.15) is 0 Å². The molecule has 106 valence electrons. The average Bonchev–Trinajstić information content (AvgIpc) is 2.27. The molecule has 0 spiro atoms. The van der Waals surface area contributed by atoms with Crippen molar-refractivity contribution in [3.8, 4) is 0 Å². The van der Waals surface area contributed by atoms with Gasteiger partial charge in [-0.1, -0.05) is 13.8 Å². The summed E-state index contributed by atoms with van der Waals surface area (Å²) in [5.74, 6) is -0.122. The van der Waals surface area contributed by atoms with E-state index in [1.165, 1.54) is 18.2 Å². The van der Waals surface area contributed by atoms with Gasteiger partial charge in [-0.25, -0.2) is 4.39 Å². The van der Waals surface area contributed by atoms with E-state index < -0.39 is 0 Å². The second kappa shape index (κ2) is 7.01. The number of hydrogen-bond acceptors (Lipinski definition) is 2. The topological polar surface area (TPSA) is 32.3 Å². The zero-order valence-electron chi connectivity index (χ0n) is 11.7. The van der Waals surface area contributed by atoms with Crippen molar-refractivity contribution in [2.75, 3.05) is 20.6 Å². The second-order valence-corrected chi connectivity index (χ2v) is 5.96. The van der Waals surface area contributed by atoms with E-state index in [0.29, 0.717) is 22.5 Å². The van der Waals surface area contributed by atoms with Crippen LogP contribution in [0.25, 0.3) is 0 Å². The first-order valence-electron chi connectivity index (χ1n) is 6.22. The Labute approximate surface area is 122 Å². The zero-order valence-corrected chi connectivity index (χ0v) is 13.3. The van der Waals surface area contributed by atoms with Gasteiger partial charge in [-0.05, 0) is 54.1 Å². The Morgan fingerprint density at radius 1 is 1.42 bits per heavy atom. The number of nitrogens with one attached hydrogen (secondary N) is 1. The lowest BCUT2D eigenvalue weighted by Gasteiger charge is -2.28. The van der Waals surface area contributed by atoms with Gasteiger partial charge in [0, 0.05) is 17.1 Å². The molecule has 5 heteroatoms. The predicted molar refractivity (Wildman–Crippen MR) is 78.7 cm³/mol. The number of carbonyl (C=O) groups excluding carboxylic acids is 1. The second-order valence-electron chi connectivity index (χ2n) is 5.11. The van der Waals surface area contributed by atoms with Crippen LogP contribution in [0.15, 0.2) is 22.7 Å². The van der Waals surface area contributed by atoms with Crippen molar-refractivity contribution in [3.63, 3.8) is 0 Å². The number of rotatable bonds is 5. The minimum absolute atomic E-state index is 0.195. The maximum Gasteiger partial charge on any atom is 0.252 e. The zero-order chi connectivity index (χ0) is 14.6. The van der Waals surface area contributed by atoms with Crippen molar-refractivity contribution in [1.82, 2.24) is 10.2 Å². The fraction of sp³-hybridized carbons (Fsp3) is 0.500. The lowest BCUT2D eigenvalue weighted by molar-refractivity contribution is 0.0934. The Balaban J connectivity index is 2.69. The Morgan fingerprint density at radius 3 is 2.53 bits per heavy atom. The van der Waals surface area contributed by atoms with Gasteiger partial charge in [-0.15, -0.1) is 0 Å². The van der Waals surface area contributed by atoms with E-state index in [1.54, 1.807) is 0 Å². The van der Waals surface area contributed by atoms with E-state index in [0.717, 1.165) is 0 Å². The van der Waals surface area contributed by atoms with Crippen LogP contribution in [-0.2, 0) is 0 Å². The van der Waals surface area contributed by atoms with E-state index in [1.807, 2.05) is 14.1 Å². The normalized spacial score (nSPS) is 12.8. The van der Waals surface area contributed by atoms with Crippen LogP contribution < -0.4 is 5.32 Å². The molecule has 0 bridgehead atoms. The molecule has 0 aliphatic heterocycles. The van der Waals surface area contributed by atoms with Crippen LogP contribution in [0.5, 0.6) is 0 Å². The molecule has 0 aliphatic rings. The highest BCUT2D eigenvalue weighted by atomic mass is 79.9. The molecule has 0 aromatic heterocycles. The summed E-state index contributed by atoms with van der Waals surface area (Å²) in [4.78, 5) is 14.1. The molecule has 1 atom stereocenters. The van der Waals surface area contributed by atoms with Crippen molar-refractivity contribution in [3.05, 3.63) is 34.1 Å². The smallest absolute Gasteiger partial charge is 0.252 e. The first kappa shape index (κ1) is 16.1. The number of likely N-dealkylation sites (N-methyl/N-ethyl adjacent to an activating group) is 1. The van der Waals surface area contributed by atoms with Gasteiger partial charge in [0.25, 0.3) is 5.91 Å². The summed E-state index contributed by atoms with van der Waals surface area (Å²) in [5, 5.41) is 2.89. The molecule has 1 N–H and O–H groups in total. The van der Waals surface area contributed by atoms with Crippen LogP contribution in [-0.4, -0.2) is 37.5 Å². The maximum atomic E-state index is 13.0.